The van der Waals surface area contributed by atoms with Crippen LogP contribution in [0.1, 0.15) is 41.5 Å². The quantitative estimate of drug-likeness (QED) is 0.204. The molecule has 0 bridgehead atoms. The Hall–Kier alpha value is -0.932. The minimum Gasteiger partial charge on any atom is -0.248 e. The molecule has 0 radical (unpaired) electrons. The van der Waals surface area contributed by atoms with Crippen LogP contribution in [0.5, 0.6) is 0 Å². The van der Waals surface area contributed by atoms with Crippen LogP contribution in [0, 0.1) is 0 Å². The van der Waals surface area contributed by atoms with Crippen LogP contribution in [0.4, 0.5) is 0 Å². The summed E-state index contributed by atoms with van der Waals surface area (Å²) < 4.78 is 0. The van der Waals surface area contributed by atoms with Crippen LogP contribution in [0.3, 0.4) is 0 Å². The Kier molecular flexibility index (Phi) is 6.51. The minimum absolute atomic E-state index is 0. The normalized spacial score (nSPS) is 13.3. The van der Waals surface area contributed by atoms with E-state index in [9.17, 15) is 0 Å². The van der Waals surface area contributed by atoms with Gasteiger partial charge in [-0.25, -0.2) is 9.97 Å². The molecular weight excluding hydrogens is 573 g/mol. The van der Waals surface area contributed by atoms with E-state index in [1.54, 1.807) is 0 Å². The second-order valence-corrected chi connectivity index (χ2v) is 14.0. The van der Waals surface area contributed by atoms with E-state index in [1.165, 1.54) is 32.4 Å². The van der Waals surface area contributed by atoms with Gasteiger partial charge in [0.25, 0.3) is 0 Å². The van der Waals surface area contributed by atoms with Gasteiger partial charge >= 0.3 is 0 Å². The van der Waals surface area contributed by atoms with Crippen LogP contribution in [-0.2, 0) is 21.1 Å². The molecule has 2 atom stereocenters. The van der Waals surface area contributed by atoms with Crippen LogP contribution in [-0.4, -0.2) is 20.3 Å². The van der Waals surface area contributed by atoms with Crippen molar-refractivity contribution in [3.05, 3.63) is 48.5 Å². The molecule has 154 valence electrons. The molecule has 0 amide bonds. The fourth-order valence-electron chi connectivity index (χ4n) is 3.48. The summed E-state index contributed by atoms with van der Waals surface area (Å²) in [6, 6.07) is 17.6. The number of nitrogens with zero attached hydrogens (tertiary/aromatic N) is 2. The first-order valence-corrected chi connectivity index (χ1v) is 11.8. The van der Waals surface area contributed by atoms with E-state index in [0.29, 0.717) is 17.2 Å². The van der Waals surface area contributed by atoms with Gasteiger partial charge in [0.1, 0.15) is 0 Å². The average molecular weight is 602 g/mol. The van der Waals surface area contributed by atoms with Crippen molar-refractivity contribution in [2.24, 2.45) is 0 Å². The summed E-state index contributed by atoms with van der Waals surface area (Å²) in [5.41, 5.74) is 4.52. The molecule has 0 saturated carbocycles. The Labute approximate surface area is 191 Å². The van der Waals surface area contributed by atoms with Gasteiger partial charge in [-0.05, 0) is 27.8 Å². The molecule has 0 fully saturated rings. The smallest absolute Gasteiger partial charge is 0.0809 e. The van der Waals surface area contributed by atoms with Crippen molar-refractivity contribution >= 4 is 60.6 Å². The van der Waals surface area contributed by atoms with Crippen molar-refractivity contribution in [1.29, 1.82) is 0 Å². The molecule has 2 nitrogen and oxygen atoms in total. The van der Waals surface area contributed by atoms with Crippen LogP contribution in [0.25, 0.3) is 32.6 Å². The molecule has 0 spiro atoms. The maximum absolute atomic E-state index is 5.12. The summed E-state index contributed by atoms with van der Waals surface area (Å²) >= 11 is 0. The third-order valence-corrected chi connectivity index (χ3v) is 7.08. The van der Waals surface area contributed by atoms with Crippen molar-refractivity contribution in [2.45, 2.75) is 51.9 Å². The minimum atomic E-state index is 0. The molecule has 0 aliphatic rings. The Morgan fingerprint density at radius 1 is 0.552 bits per heavy atom. The van der Waals surface area contributed by atoms with E-state index >= 15 is 0 Å². The molecule has 4 rings (SSSR count). The number of hydrogen-bond donors (Lipinski definition) is 0. The Bertz CT molecular complexity index is 1100. The van der Waals surface area contributed by atoms with Crippen LogP contribution in [0.2, 0.25) is 0 Å². The van der Waals surface area contributed by atoms with Crippen molar-refractivity contribution in [2.75, 3.05) is 0 Å². The van der Waals surface area contributed by atoms with Gasteiger partial charge in [0, 0.05) is 37.2 Å². The predicted molar refractivity (Wildman–Crippen MR) is 130 cm³/mol. The maximum Gasteiger partial charge on any atom is 0.0809 e. The van der Waals surface area contributed by atoms with E-state index in [-0.39, 0.29) is 31.4 Å². The zero-order valence-electron chi connectivity index (χ0n) is 17.8. The van der Waals surface area contributed by atoms with Crippen LogP contribution >= 0.6 is 17.2 Å². The number of benzene rings is 2. The molecule has 2 heterocycles. The number of rotatable bonds is 2. The molecule has 0 aliphatic heterocycles. The zero-order chi connectivity index (χ0) is 20.1. The summed E-state index contributed by atoms with van der Waals surface area (Å²) in [7, 11) is 1.37. The van der Waals surface area contributed by atoms with Gasteiger partial charge in [-0.1, -0.05) is 95.1 Å². The number of hydrogen-bond acceptors (Lipinski definition) is 2. The first kappa shape index (κ1) is 22.7. The molecule has 4 aromatic rings. The summed E-state index contributed by atoms with van der Waals surface area (Å²) in [6.45, 7) is 13.6. The van der Waals surface area contributed by atoms with Gasteiger partial charge in [0.15, 0.2) is 0 Å². The second-order valence-electron chi connectivity index (χ2n) is 9.52. The number of aromatic nitrogens is 2. The largest absolute Gasteiger partial charge is 0.248 e. The molecule has 0 N–H and O–H groups in total. The second kappa shape index (κ2) is 8.30. The maximum atomic E-state index is 5.12. The van der Waals surface area contributed by atoms with E-state index in [1.807, 2.05) is 0 Å². The van der Waals surface area contributed by atoms with Gasteiger partial charge in [0.05, 0.1) is 21.9 Å². The van der Waals surface area contributed by atoms with E-state index in [0.717, 1.165) is 11.0 Å². The third kappa shape index (κ3) is 5.22. The zero-order valence-corrected chi connectivity index (χ0v) is 22.1. The molecule has 2 unspecified atom stereocenters. The van der Waals surface area contributed by atoms with Crippen molar-refractivity contribution in [3.8, 4) is 0 Å². The fraction of sp³-hybridized carbons (Fsp3) is 0.333. The Balaban J connectivity index is 0.00000240. The van der Waals surface area contributed by atoms with E-state index in [2.05, 4.69) is 90.1 Å². The van der Waals surface area contributed by atoms with Gasteiger partial charge in [-0.3, -0.25) is 0 Å². The molecule has 29 heavy (non-hydrogen) atoms. The molecular formula is C24H28N2P2Pt. The summed E-state index contributed by atoms with van der Waals surface area (Å²) in [6.07, 6.45) is 0. The molecule has 0 saturated heterocycles. The Morgan fingerprint density at radius 3 is 1.28 bits per heavy atom. The van der Waals surface area contributed by atoms with Gasteiger partial charge in [0.2, 0.25) is 0 Å². The standard InChI is InChI=1S/C24H28N2P2.Pt/c1-23(2,3)27-18-13-11-16-9-7-15-8-10-17-12-14-19(28-24(4,5)6)26-22(17)20(15)21(16)25-18;/h7-14,27-28H,1-6H3;. The number of fused-ring (bicyclic) bond motifs is 5. The molecule has 2 aromatic heterocycles. The fourth-order valence-corrected chi connectivity index (χ4v) is 5.69. The Morgan fingerprint density at radius 2 is 0.897 bits per heavy atom. The number of pyridine rings is 2. The average Bonchev–Trinajstić information content (AvgIpc) is 2.58. The van der Waals surface area contributed by atoms with Crippen LogP contribution in [0.15, 0.2) is 48.5 Å². The van der Waals surface area contributed by atoms with E-state index in [4.69, 9.17) is 9.97 Å². The summed E-state index contributed by atoms with van der Waals surface area (Å²) in [4.78, 5) is 10.2. The summed E-state index contributed by atoms with van der Waals surface area (Å²) in [5, 5.41) is 5.27. The third-order valence-electron chi connectivity index (χ3n) is 4.51. The SMILES string of the molecule is CC(C)(C)Pc1ccc2ccc3ccc4ccc(PC(C)(C)C)nc4c3c2n1.[Pt]. The monoisotopic (exact) mass is 601 g/mol. The first-order valence-electron chi connectivity index (χ1n) is 9.79. The van der Waals surface area contributed by atoms with Crippen LogP contribution < -0.4 is 10.9 Å². The van der Waals surface area contributed by atoms with Gasteiger partial charge in [-0.15, -0.1) is 0 Å². The van der Waals surface area contributed by atoms with Gasteiger partial charge < -0.3 is 0 Å². The van der Waals surface area contributed by atoms with E-state index < -0.39 is 0 Å². The predicted octanol–water partition coefficient (Wildman–Crippen LogP) is 6.14. The molecule has 0 aliphatic carbocycles. The van der Waals surface area contributed by atoms with Crippen molar-refractivity contribution < 1.29 is 21.1 Å². The molecule has 2 aromatic carbocycles. The van der Waals surface area contributed by atoms with Gasteiger partial charge in [-0.2, -0.15) is 0 Å². The summed E-state index contributed by atoms with van der Waals surface area (Å²) in [5.74, 6) is 0. The first-order chi connectivity index (χ1) is 13.1. The molecule has 5 heteroatoms. The van der Waals surface area contributed by atoms with Crippen molar-refractivity contribution in [3.63, 3.8) is 0 Å². The topological polar surface area (TPSA) is 25.8 Å². The van der Waals surface area contributed by atoms with Crippen molar-refractivity contribution in [1.82, 2.24) is 9.97 Å².